The average Bonchev–Trinajstić information content (AvgIpc) is 3.19. The van der Waals surface area contributed by atoms with Crippen LogP contribution in [0.5, 0.6) is 11.5 Å². The molecule has 2 aromatic rings. The van der Waals surface area contributed by atoms with Gasteiger partial charge in [-0.1, -0.05) is 46.7 Å². The van der Waals surface area contributed by atoms with Gasteiger partial charge in [-0.25, -0.2) is 0 Å². The highest BCUT2D eigenvalue weighted by atomic mass is 35.5. The molecule has 28 heavy (non-hydrogen) atoms. The summed E-state index contributed by atoms with van der Waals surface area (Å²) in [6, 6.07) is 3.38. The van der Waals surface area contributed by atoms with Crippen molar-refractivity contribution in [1.29, 1.82) is 0 Å². The van der Waals surface area contributed by atoms with Crippen LogP contribution in [0.3, 0.4) is 0 Å². The second-order valence-electron chi connectivity index (χ2n) is 6.30. The zero-order valence-electron chi connectivity index (χ0n) is 15.4. The Morgan fingerprint density at radius 3 is 1.43 bits per heavy atom. The highest BCUT2D eigenvalue weighted by Gasteiger charge is 2.40. The van der Waals surface area contributed by atoms with Crippen molar-refractivity contribution in [3.63, 3.8) is 0 Å². The summed E-state index contributed by atoms with van der Waals surface area (Å²) in [6.45, 7) is 3.58. The van der Waals surface area contributed by atoms with E-state index in [-0.39, 0.29) is 11.6 Å². The molecule has 2 aliphatic rings. The number of ether oxygens (including phenoxy) is 2. The molecule has 2 aromatic carbocycles. The van der Waals surface area contributed by atoms with Crippen LogP contribution in [0, 0.1) is 13.8 Å². The van der Waals surface area contributed by atoms with Crippen LogP contribution in [0.4, 0.5) is 0 Å². The lowest BCUT2D eigenvalue weighted by Crippen LogP contribution is -2.05. The van der Waals surface area contributed by atoms with E-state index in [4.69, 9.17) is 32.7 Å². The Bertz CT molecular complexity index is 1030. The molecule has 0 aliphatic carbocycles. The maximum absolute atomic E-state index is 13.2. The molecule has 2 heterocycles. The van der Waals surface area contributed by atoms with Crippen molar-refractivity contribution < 1.29 is 19.1 Å². The number of carbonyl (C=O) groups is 2. The normalized spacial score (nSPS) is 17.8. The van der Waals surface area contributed by atoms with Crippen molar-refractivity contribution in [2.24, 2.45) is 0 Å². The van der Waals surface area contributed by atoms with Crippen molar-refractivity contribution in [3.05, 3.63) is 54.2 Å². The third-order valence-corrected chi connectivity index (χ3v) is 8.13. The molecule has 0 bridgehead atoms. The summed E-state index contributed by atoms with van der Waals surface area (Å²) in [5.41, 5.74) is 2.33. The van der Waals surface area contributed by atoms with Crippen LogP contribution < -0.4 is 9.47 Å². The highest BCUT2D eigenvalue weighted by Crippen LogP contribution is 2.56. The Hall–Kier alpha value is -1.60. The Balaban J connectivity index is 1.91. The number of thioether (sulfide) groups is 2. The third-order valence-electron chi connectivity index (χ3n) is 4.80. The maximum atomic E-state index is 13.2. The second-order valence-corrected chi connectivity index (χ2v) is 9.16. The fourth-order valence-electron chi connectivity index (χ4n) is 3.28. The number of benzene rings is 2. The van der Waals surface area contributed by atoms with Gasteiger partial charge in [0.05, 0.1) is 33.8 Å². The van der Waals surface area contributed by atoms with Crippen molar-refractivity contribution >= 4 is 58.3 Å². The molecular formula is C20H14Cl2O4S2. The molecule has 0 unspecified atom stereocenters. The van der Waals surface area contributed by atoms with E-state index in [1.165, 1.54) is 37.7 Å². The van der Waals surface area contributed by atoms with Crippen LogP contribution in [-0.4, -0.2) is 25.8 Å². The van der Waals surface area contributed by atoms with E-state index in [9.17, 15) is 9.59 Å². The van der Waals surface area contributed by atoms with Crippen LogP contribution >= 0.6 is 46.7 Å². The lowest BCUT2D eigenvalue weighted by molar-refractivity contribution is 0.101. The summed E-state index contributed by atoms with van der Waals surface area (Å²) >= 11 is 15.0. The fourth-order valence-corrected chi connectivity index (χ4v) is 6.27. The van der Waals surface area contributed by atoms with Gasteiger partial charge < -0.3 is 9.47 Å². The smallest absolute Gasteiger partial charge is 0.202 e. The number of halogens is 2. The number of allylic oxidation sites excluding steroid dienone is 2. The van der Waals surface area contributed by atoms with Crippen molar-refractivity contribution in [2.45, 2.75) is 23.6 Å². The SMILES string of the molecule is COc1cc(Cl)c(C)c2c1S/C(=C1\Sc3c(OC)cc(Cl)c(C)c3C1=O)C2=O. The zero-order chi connectivity index (χ0) is 20.3. The van der Waals surface area contributed by atoms with Gasteiger partial charge in [0.2, 0.25) is 11.6 Å². The van der Waals surface area contributed by atoms with Crippen molar-refractivity contribution in [1.82, 2.24) is 0 Å². The first kappa shape index (κ1) is 19.7. The zero-order valence-corrected chi connectivity index (χ0v) is 18.5. The second kappa shape index (κ2) is 7.02. The van der Waals surface area contributed by atoms with Crippen LogP contribution in [0.15, 0.2) is 31.7 Å². The van der Waals surface area contributed by atoms with Gasteiger partial charge in [0.1, 0.15) is 11.5 Å². The van der Waals surface area contributed by atoms with Crippen LogP contribution in [0.1, 0.15) is 31.8 Å². The lowest BCUT2D eigenvalue weighted by atomic mass is 10.0. The number of carbonyl (C=O) groups excluding carboxylic acids is 2. The quantitative estimate of drug-likeness (QED) is 0.511. The lowest BCUT2D eigenvalue weighted by Gasteiger charge is -2.09. The number of hydrogen-bond donors (Lipinski definition) is 0. The number of fused-ring (bicyclic) bond motifs is 2. The predicted octanol–water partition coefficient (Wildman–Crippen LogP) is 6.12. The molecule has 0 amide bonds. The molecule has 0 saturated heterocycles. The molecule has 8 heteroatoms. The number of hydrogen-bond acceptors (Lipinski definition) is 6. The molecule has 2 aliphatic heterocycles. The van der Waals surface area contributed by atoms with Gasteiger partial charge in [0.25, 0.3) is 0 Å². The third kappa shape index (κ3) is 2.70. The van der Waals surface area contributed by atoms with E-state index in [2.05, 4.69) is 0 Å². The molecule has 0 fully saturated rings. The number of Topliss-reactive ketones (excluding diaryl/α,β-unsaturated/α-hetero) is 2. The Morgan fingerprint density at radius 1 is 0.750 bits per heavy atom. The van der Waals surface area contributed by atoms with Gasteiger partial charge >= 0.3 is 0 Å². The predicted molar refractivity (Wildman–Crippen MR) is 113 cm³/mol. The first-order chi connectivity index (χ1) is 13.3. The molecular weight excluding hydrogens is 439 g/mol. The van der Waals surface area contributed by atoms with Gasteiger partial charge in [0.15, 0.2) is 0 Å². The summed E-state index contributed by atoms with van der Waals surface area (Å²) in [6.07, 6.45) is 0. The number of ketones is 2. The van der Waals surface area contributed by atoms with Crippen LogP contribution in [0.2, 0.25) is 10.0 Å². The average molecular weight is 453 g/mol. The van der Waals surface area contributed by atoms with E-state index < -0.39 is 0 Å². The molecule has 0 radical (unpaired) electrons. The molecule has 0 spiro atoms. The van der Waals surface area contributed by atoms with E-state index in [1.807, 2.05) is 0 Å². The summed E-state index contributed by atoms with van der Waals surface area (Å²) in [5, 5.41) is 0.905. The van der Waals surface area contributed by atoms with E-state index in [1.54, 1.807) is 26.0 Å². The molecule has 0 atom stereocenters. The Labute approximate surface area is 180 Å². The molecule has 4 nitrogen and oxygen atoms in total. The Morgan fingerprint density at radius 2 is 1.11 bits per heavy atom. The van der Waals surface area contributed by atoms with Gasteiger partial charge in [0, 0.05) is 33.3 Å². The maximum Gasteiger partial charge on any atom is 0.202 e. The minimum Gasteiger partial charge on any atom is -0.495 e. The molecule has 144 valence electrons. The summed E-state index contributed by atoms with van der Waals surface area (Å²) in [4.78, 5) is 28.5. The van der Waals surface area contributed by atoms with Crippen molar-refractivity contribution in [2.75, 3.05) is 14.2 Å². The summed E-state index contributed by atoms with van der Waals surface area (Å²) < 4.78 is 10.8. The minimum absolute atomic E-state index is 0.218. The first-order valence-corrected chi connectivity index (χ1v) is 10.6. The summed E-state index contributed by atoms with van der Waals surface area (Å²) in [7, 11) is 3.05. The molecule has 4 rings (SSSR count). The van der Waals surface area contributed by atoms with Gasteiger partial charge in [-0.05, 0) is 25.0 Å². The number of rotatable bonds is 2. The van der Waals surface area contributed by atoms with Gasteiger partial charge in [-0.2, -0.15) is 0 Å². The van der Waals surface area contributed by atoms with Gasteiger partial charge in [-0.3, -0.25) is 9.59 Å². The van der Waals surface area contributed by atoms with Crippen LogP contribution in [0.25, 0.3) is 0 Å². The largest absolute Gasteiger partial charge is 0.495 e. The minimum atomic E-state index is -0.218. The van der Waals surface area contributed by atoms with Crippen LogP contribution in [-0.2, 0) is 0 Å². The molecule has 0 saturated carbocycles. The van der Waals surface area contributed by atoms with E-state index in [0.717, 1.165) is 0 Å². The Kier molecular flexibility index (Phi) is 4.94. The fraction of sp³-hybridized carbons (Fsp3) is 0.200. The highest BCUT2D eigenvalue weighted by molar-refractivity contribution is 8.08. The standard InChI is InChI=1S/C20H14Cl2O4S2/c1-7-9(21)5-11(25-3)17-13(7)15(23)19(27-17)20-16(24)14-8(2)10(22)6-12(26-4)18(14)28-20/h5-6H,1-4H3/b20-19-. The van der Waals surface area contributed by atoms with Gasteiger partial charge in [-0.15, -0.1) is 0 Å². The molecule has 0 N–H and O–H groups in total. The van der Waals surface area contributed by atoms with E-state index >= 15 is 0 Å². The van der Waals surface area contributed by atoms with Crippen molar-refractivity contribution in [3.8, 4) is 11.5 Å². The monoisotopic (exact) mass is 452 g/mol. The summed E-state index contributed by atoms with van der Waals surface area (Å²) in [5.74, 6) is 0.600. The molecule has 0 aromatic heterocycles. The topological polar surface area (TPSA) is 52.6 Å². The first-order valence-electron chi connectivity index (χ1n) is 8.23. The van der Waals surface area contributed by atoms with E-state index in [0.29, 0.717) is 63.4 Å². The number of methoxy groups -OCH3 is 2.